The molecule has 5 heteroatoms. The highest BCUT2D eigenvalue weighted by Gasteiger charge is 2.25. The van der Waals surface area contributed by atoms with Gasteiger partial charge in [-0.15, -0.1) is 0 Å². The van der Waals surface area contributed by atoms with Gasteiger partial charge in [-0.25, -0.2) is 22.0 Å². The third-order valence-electron chi connectivity index (χ3n) is 6.45. The number of hydrogen-bond donors (Lipinski definition) is 0. The summed E-state index contributed by atoms with van der Waals surface area (Å²) in [6.07, 6.45) is 5.74. The van der Waals surface area contributed by atoms with E-state index in [4.69, 9.17) is 0 Å². The normalized spacial score (nSPS) is 14.9. The van der Waals surface area contributed by atoms with E-state index >= 15 is 4.39 Å². The summed E-state index contributed by atoms with van der Waals surface area (Å²) in [5.41, 5.74) is 3.03. The lowest BCUT2D eigenvalue weighted by Crippen LogP contribution is -2.16. The van der Waals surface area contributed by atoms with Crippen LogP contribution in [0.2, 0.25) is 0 Å². The molecule has 3 aromatic rings. The molecule has 176 valence electrons. The highest BCUT2D eigenvalue weighted by molar-refractivity contribution is 5.48. The zero-order valence-corrected chi connectivity index (χ0v) is 19.0. The first kappa shape index (κ1) is 24.0. The Morgan fingerprint density at radius 2 is 1.59 bits per heavy atom. The summed E-state index contributed by atoms with van der Waals surface area (Å²) in [4.78, 5) is 0. The third-order valence-corrected chi connectivity index (χ3v) is 6.45. The van der Waals surface area contributed by atoms with Crippen molar-refractivity contribution in [2.45, 2.75) is 57.8 Å². The van der Waals surface area contributed by atoms with Crippen LogP contribution in [-0.4, -0.2) is 0 Å². The lowest BCUT2D eigenvalue weighted by atomic mass is 9.79. The number of rotatable bonds is 5. The number of fused-ring (bicyclic) bond motifs is 1. The average molecular weight is 469 g/mol. The van der Waals surface area contributed by atoms with Crippen LogP contribution in [0, 0.1) is 40.9 Å². The summed E-state index contributed by atoms with van der Waals surface area (Å²) in [7, 11) is 0. The number of unbranched alkanes of at least 4 members (excludes halogenated alkanes) is 2. The van der Waals surface area contributed by atoms with Crippen LogP contribution in [0.1, 0.15) is 71.9 Å². The van der Waals surface area contributed by atoms with Gasteiger partial charge in [0.1, 0.15) is 11.6 Å². The minimum atomic E-state index is -1.57. The second-order valence-corrected chi connectivity index (χ2v) is 8.82. The molecule has 3 aromatic carbocycles. The standard InChI is InChI=1S/C29H25F5/c1-2-3-4-5-18-7-12-23(25(30)14-18)21-11-13-24-22(17-21)10-9-20(28(24)33)8-6-19-15-26(31)29(34)27(32)16-19/h7,9-10,12,14-16,21H,2-5,11,13,17H2,1H3. The molecular weight excluding hydrogens is 443 g/mol. The van der Waals surface area contributed by atoms with Gasteiger partial charge in [0.05, 0.1) is 5.56 Å². The number of hydrogen-bond acceptors (Lipinski definition) is 0. The maximum atomic E-state index is 15.1. The van der Waals surface area contributed by atoms with Gasteiger partial charge in [-0.05, 0) is 84.5 Å². The van der Waals surface area contributed by atoms with Crippen molar-refractivity contribution in [2.75, 3.05) is 0 Å². The Bertz CT molecular complexity index is 1240. The van der Waals surface area contributed by atoms with Crippen molar-refractivity contribution in [3.63, 3.8) is 0 Å². The predicted octanol–water partition coefficient (Wildman–Crippen LogP) is 7.79. The molecule has 1 atom stereocenters. The Morgan fingerprint density at radius 3 is 2.29 bits per heavy atom. The zero-order valence-electron chi connectivity index (χ0n) is 19.0. The second kappa shape index (κ2) is 10.4. The highest BCUT2D eigenvalue weighted by atomic mass is 19.2. The lowest BCUT2D eigenvalue weighted by molar-refractivity contribution is 0.446. The van der Waals surface area contributed by atoms with E-state index in [0.29, 0.717) is 30.4 Å². The Kier molecular flexibility index (Phi) is 7.36. The molecule has 0 spiro atoms. The Hall–Kier alpha value is -3.13. The molecule has 1 aliphatic carbocycles. The molecule has 0 aliphatic heterocycles. The summed E-state index contributed by atoms with van der Waals surface area (Å²) in [5.74, 6) is 0.124. The molecular formula is C29H25F5. The maximum absolute atomic E-state index is 15.1. The van der Waals surface area contributed by atoms with Crippen LogP contribution >= 0.6 is 0 Å². The van der Waals surface area contributed by atoms with E-state index in [1.807, 2.05) is 12.1 Å². The maximum Gasteiger partial charge on any atom is 0.194 e. The first-order chi connectivity index (χ1) is 16.4. The molecule has 0 N–H and O–H groups in total. The van der Waals surface area contributed by atoms with Crippen molar-refractivity contribution in [2.24, 2.45) is 0 Å². The van der Waals surface area contributed by atoms with Crippen LogP contribution in [0.3, 0.4) is 0 Å². The smallest absolute Gasteiger partial charge is 0.194 e. The molecule has 4 rings (SSSR count). The minimum Gasteiger partial charge on any atom is -0.207 e. The van der Waals surface area contributed by atoms with Crippen LogP contribution < -0.4 is 0 Å². The minimum absolute atomic E-state index is 0.0290. The predicted molar refractivity (Wildman–Crippen MR) is 123 cm³/mol. The fourth-order valence-corrected chi connectivity index (χ4v) is 4.57. The zero-order chi connectivity index (χ0) is 24.2. The number of benzene rings is 3. The van der Waals surface area contributed by atoms with Gasteiger partial charge in [0.15, 0.2) is 17.5 Å². The fraction of sp³-hybridized carbons (Fsp3) is 0.310. The molecule has 0 saturated carbocycles. The van der Waals surface area contributed by atoms with Gasteiger partial charge < -0.3 is 0 Å². The summed E-state index contributed by atoms with van der Waals surface area (Å²) < 4.78 is 69.8. The van der Waals surface area contributed by atoms with E-state index < -0.39 is 23.3 Å². The molecule has 1 unspecified atom stereocenters. The number of aryl methyl sites for hydroxylation is 1. The molecule has 0 amide bonds. The highest BCUT2D eigenvalue weighted by Crippen LogP contribution is 2.36. The van der Waals surface area contributed by atoms with Crippen molar-refractivity contribution in [3.8, 4) is 11.8 Å². The van der Waals surface area contributed by atoms with Gasteiger partial charge >= 0.3 is 0 Å². The third kappa shape index (κ3) is 5.17. The van der Waals surface area contributed by atoms with Gasteiger partial charge in [0.25, 0.3) is 0 Å². The molecule has 0 saturated heterocycles. The second-order valence-electron chi connectivity index (χ2n) is 8.82. The van der Waals surface area contributed by atoms with E-state index in [-0.39, 0.29) is 22.9 Å². The van der Waals surface area contributed by atoms with Crippen molar-refractivity contribution in [1.82, 2.24) is 0 Å². The summed E-state index contributed by atoms with van der Waals surface area (Å²) in [6, 6.07) is 10.3. The van der Waals surface area contributed by atoms with E-state index in [1.54, 1.807) is 12.1 Å². The van der Waals surface area contributed by atoms with E-state index in [0.717, 1.165) is 48.9 Å². The topological polar surface area (TPSA) is 0 Å². The molecule has 0 aromatic heterocycles. The summed E-state index contributed by atoms with van der Waals surface area (Å²) >= 11 is 0. The van der Waals surface area contributed by atoms with Crippen LogP contribution in [0.5, 0.6) is 0 Å². The molecule has 1 aliphatic rings. The molecule has 0 radical (unpaired) electrons. The van der Waals surface area contributed by atoms with Gasteiger partial charge in [0.2, 0.25) is 0 Å². The van der Waals surface area contributed by atoms with Gasteiger partial charge in [-0.3, -0.25) is 0 Å². The van der Waals surface area contributed by atoms with E-state index in [9.17, 15) is 17.6 Å². The molecule has 0 heterocycles. The number of halogens is 5. The molecule has 34 heavy (non-hydrogen) atoms. The average Bonchev–Trinajstić information content (AvgIpc) is 2.82. The monoisotopic (exact) mass is 468 g/mol. The molecule has 0 fully saturated rings. The van der Waals surface area contributed by atoms with Crippen molar-refractivity contribution < 1.29 is 22.0 Å². The first-order valence-electron chi connectivity index (χ1n) is 11.6. The van der Waals surface area contributed by atoms with Crippen molar-refractivity contribution in [1.29, 1.82) is 0 Å². The Labute approximate surface area is 196 Å². The van der Waals surface area contributed by atoms with Crippen molar-refractivity contribution in [3.05, 3.63) is 105 Å². The summed E-state index contributed by atoms with van der Waals surface area (Å²) in [5, 5.41) is 0. The van der Waals surface area contributed by atoms with Crippen LogP contribution in [-0.2, 0) is 19.3 Å². The van der Waals surface area contributed by atoms with Crippen LogP contribution in [0.15, 0.2) is 42.5 Å². The summed E-state index contributed by atoms with van der Waals surface area (Å²) in [6.45, 7) is 2.14. The van der Waals surface area contributed by atoms with Gasteiger partial charge in [0, 0.05) is 5.56 Å². The van der Waals surface area contributed by atoms with Gasteiger partial charge in [-0.2, -0.15) is 0 Å². The Morgan fingerprint density at radius 1 is 0.824 bits per heavy atom. The first-order valence-corrected chi connectivity index (χ1v) is 11.6. The quantitative estimate of drug-likeness (QED) is 0.155. The lowest BCUT2D eigenvalue weighted by Gasteiger charge is -2.26. The molecule has 0 nitrogen and oxygen atoms in total. The van der Waals surface area contributed by atoms with Crippen molar-refractivity contribution >= 4 is 0 Å². The molecule has 0 bridgehead atoms. The fourth-order valence-electron chi connectivity index (χ4n) is 4.57. The van der Waals surface area contributed by atoms with E-state index in [2.05, 4.69) is 18.8 Å². The Balaban J connectivity index is 1.52. The SMILES string of the molecule is CCCCCc1ccc(C2CCc3c(ccc(C#Cc4cc(F)c(F)c(F)c4)c3F)C2)c(F)c1. The van der Waals surface area contributed by atoms with Crippen LogP contribution in [0.25, 0.3) is 0 Å². The largest absolute Gasteiger partial charge is 0.207 e. The van der Waals surface area contributed by atoms with Gasteiger partial charge in [-0.1, -0.05) is 49.8 Å². The van der Waals surface area contributed by atoms with E-state index in [1.165, 1.54) is 6.07 Å². The van der Waals surface area contributed by atoms with Crippen LogP contribution in [0.4, 0.5) is 22.0 Å².